The van der Waals surface area contributed by atoms with Gasteiger partial charge in [-0.3, -0.25) is 9.59 Å². The Hall–Kier alpha value is -3.22. The summed E-state index contributed by atoms with van der Waals surface area (Å²) in [6, 6.07) is 12.4. The van der Waals surface area contributed by atoms with Crippen LogP contribution in [0.15, 0.2) is 42.5 Å². The van der Waals surface area contributed by atoms with E-state index in [9.17, 15) is 9.59 Å². The normalized spacial score (nSPS) is 18.2. The number of aryl methyl sites for hydroxylation is 1. The molecule has 0 aromatic heterocycles. The zero-order chi connectivity index (χ0) is 21.1. The van der Waals surface area contributed by atoms with Gasteiger partial charge in [-0.1, -0.05) is 18.2 Å². The Labute approximate surface area is 175 Å². The maximum absolute atomic E-state index is 13.0. The largest absolute Gasteiger partial charge is 0.489 e. The van der Waals surface area contributed by atoms with E-state index in [0.717, 1.165) is 17.7 Å². The van der Waals surface area contributed by atoms with Crippen molar-refractivity contribution in [2.45, 2.75) is 38.8 Å². The molecule has 1 N–H and O–H groups in total. The first-order chi connectivity index (χ1) is 14.5. The summed E-state index contributed by atoms with van der Waals surface area (Å²) < 4.78 is 16.6. The molecule has 2 amide bonds. The van der Waals surface area contributed by atoms with Gasteiger partial charge in [-0.15, -0.1) is 0 Å². The van der Waals surface area contributed by atoms with Gasteiger partial charge in [0.1, 0.15) is 17.9 Å². The molecule has 7 heteroatoms. The van der Waals surface area contributed by atoms with Crippen molar-refractivity contribution in [2.24, 2.45) is 0 Å². The van der Waals surface area contributed by atoms with Gasteiger partial charge in [-0.05, 0) is 56.5 Å². The molecule has 0 radical (unpaired) electrons. The van der Waals surface area contributed by atoms with Crippen LogP contribution in [0, 0.1) is 6.92 Å². The van der Waals surface area contributed by atoms with Crippen LogP contribution < -0.4 is 19.5 Å². The first-order valence-electron chi connectivity index (χ1n) is 10.2. The number of nitrogens with zero attached hydrogens (tertiary/aromatic N) is 1. The third-order valence-corrected chi connectivity index (χ3v) is 5.42. The number of rotatable bonds is 6. The second-order valence-corrected chi connectivity index (χ2v) is 7.66. The first kappa shape index (κ1) is 20.1. The molecule has 0 bridgehead atoms. The van der Waals surface area contributed by atoms with E-state index in [0.29, 0.717) is 36.6 Å². The second kappa shape index (κ2) is 8.65. The van der Waals surface area contributed by atoms with Crippen LogP contribution in [0.25, 0.3) is 0 Å². The number of carbonyl (C=O) groups is 2. The van der Waals surface area contributed by atoms with Crippen molar-refractivity contribution in [3.63, 3.8) is 0 Å². The molecular weight excluding hydrogens is 384 g/mol. The molecule has 2 aromatic carbocycles. The fourth-order valence-electron chi connectivity index (χ4n) is 3.79. The number of fused-ring (bicyclic) bond motifs is 1. The molecular formula is C23H26N2O5. The summed E-state index contributed by atoms with van der Waals surface area (Å²) in [5.74, 6) is 1.67. The number of para-hydroxylation sites is 1. The average Bonchev–Trinajstić information content (AvgIpc) is 3.42. The molecule has 0 saturated carbocycles. The molecule has 2 aromatic rings. The Morgan fingerprint density at radius 3 is 2.83 bits per heavy atom. The van der Waals surface area contributed by atoms with E-state index in [1.165, 1.54) is 0 Å². The summed E-state index contributed by atoms with van der Waals surface area (Å²) >= 11 is 0. The third kappa shape index (κ3) is 4.20. The quantitative estimate of drug-likeness (QED) is 0.792. The Balaban J connectivity index is 1.35. The van der Waals surface area contributed by atoms with Crippen molar-refractivity contribution in [3.05, 3.63) is 53.6 Å². The Kier molecular flexibility index (Phi) is 5.79. The van der Waals surface area contributed by atoms with E-state index in [-0.39, 0.29) is 24.7 Å². The van der Waals surface area contributed by atoms with Gasteiger partial charge in [0.05, 0.1) is 6.54 Å². The fraction of sp³-hybridized carbons (Fsp3) is 0.391. The van der Waals surface area contributed by atoms with Crippen molar-refractivity contribution in [1.82, 2.24) is 10.2 Å². The number of hydrogen-bond donors (Lipinski definition) is 1. The average molecular weight is 410 g/mol. The summed E-state index contributed by atoms with van der Waals surface area (Å²) in [4.78, 5) is 27.4. The number of carbonyl (C=O) groups excluding carboxylic acids is 2. The summed E-state index contributed by atoms with van der Waals surface area (Å²) in [7, 11) is 0. The molecule has 4 rings (SSSR count). The van der Waals surface area contributed by atoms with E-state index < -0.39 is 6.04 Å². The minimum absolute atomic E-state index is 0.151. The highest BCUT2D eigenvalue weighted by Gasteiger charge is 2.35. The molecule has 1 fully saturated rings. The lowest BCUT2D eigenvalue weighted by atomic mass is 10.1. The standard InChI is InChI=1S/C23H26N2O5/c1-15-6-3-4-8-19(15)30-16(2)13-24-22(26)18-7-5-11-25(18)23(27)17-9-10-20-21(12-17)29-14-28-20/h3-4,6,8-10,12,16,18H,5,7,11,13-14H2,1-2H3,(H,24,26)/t16-,18+/m0/s1. The van der Waals surface area contributed by atoms with Crippen molar-refractivity contribution in [3.8, 4) is 17.2 Å². The predicted molar refractivity (Wildman–Crippen MR) is 111 cm³/mol. The lowest BCUT2D eigenvalue weighted by Gasteiger charge is -2.25. The van der Waals surface area contributed by atoms with E-state index in [2.05, 4.69) is 5.32 Å². The molecule has 2 aliphatic heterocycles. The first-order valence-corrected chi connectivity index (χ1v) is 10.2. The van der Waals surface area contributed by atoms with Crippen molar-refractivity contribution < 1.29 is 23.8 Å². The zero-order valence-electron chi connectivity index (χ0n) is 17.2. The van der Waals surface area contributed by atoms with Crippen molar-refractivity contribution >= 4 is 11.8 Å². The summed E-state index contributed by atoms with van der Waals surface area (Å²) in [6.07, 6.45) is 1.26. The molecule has 2 heterocycles. The van der Waals surface area contributed by atoms with Crippen LogP contribution in [0.1, 0.15) is 35.7 Å². The van der Waals surface area contributed by atoms with Gasteiger partial charge in [0.15, 0.2) is 11.5 Å². The van der Waals surface area contributed by atoms with Crippen LogP contribution in [0.3, 0.4) is 0 Å². The van der Waals surface area contributed by atoms with Crippen molar-refractivity contribution in [2.75, 3.05) is 19.9 Å². The molecule has 0 aliphatic carbocycles. The van der Waals surface area contributed by atoms with Gasteiger partial charge >= 0.3 is 0 Å². The Bertz CT molecular complexity index is 945. The van der Waals surface area contributed by atoms with Crippen LogP contribution in [-0.4, -0.2) is 48.7 Å². The highest BCUT2D eigenvalue weighted by Crippen LogP contribution is 2.33. The van der Waals surface area contributed by atoms with E-state index in [1.807, 2.05) is 38.1 Å². The van der Waals surface area contributed by atoms with Gasteiger partial charge in [-0.25, -0.2) is 0 Å². The van der Waals surface area contributed by atoms with Crippen LogP contribution in [0.5, 0.6) is 17.2 Å². The van der Waals surface area contributed by atoms with Gasteiger partial charge in [-0.2, -0.15) is 0 Å². The smallest absolute Gasteiger partial charge is 0.254 e. The molecule has 0 unspecified atom stereocenters. The molecule has 2 atom stereocenters. The maximum atomic E-state index is 13.0. The molecule has 158 valence electrons. The van der Waals surface area contributed by atoms with Crippen molar-refractivity contribution in [1.29, 1.82) is 0 Å². The Morgan fingerprint density at radius 1 is 1.20 bits per heavy atom. The van der Waals surface area contributed by atoms with Gasteiger partial charge < -0.3 is 24.4 Å². The SMILES string of the molecule is Cc1ccccc1O[C@@H](C)CNC(=O)[C@H]1CCCN1C(=O)c1ccc2c(c1)OCO2. The minimum Gasteiger partial charge on any atom is -0.489 e. The number of hydrogen-bond acceptors (Lipinski definition) is 5. The highest BCUT2D eigenvalue weighted by molar-refractivity contribution is 5.98. The number of amides is 2. The monoisotopic (exact) mass is 410 g/mol. The highest BCUT2D eigenvalue weighted by atomic mass is 16.7. The fourth-order valence-corrected chi connectivity index (χ4v) is 3.79. The van der Waals surface area contributed by atoms with Gasteiger partial charge in [0.2, 0.25) is 12.7 Å². The molecule has 0 spiro atoms. The number of likely N-dealkylation sites (tertiary alicyclic amines) is 1. The predicted octanol–water partition coefficient (Wildman–Crippen LogP) is 2.91. The van der Waals surface area contributed by atoms with E-state index >= 15 is 0 Å². The number of nitrogens with one attached hydrogen (secondary N) is 1. The molecule has 7 nitrogen and oxygen atoms in total. The summed E-state index contributed by atoms with van der Waals surface area (Å²) in [5.41, 5.74) is 1.54. The lowest BCUT2D eigenvalue weighted by molar-refractivity contribution is -0.125. The number of ether oxygens (including phenoxy) is 3. The second-order valence-electron chi connectivity index (χ2n) is 7.66. The van der Waals surface area contributed by atoms with Crippen LogP contribution in [0.2, 0.25) is 0 Å². The Morgan fingerprint density at radius 2 is 2.00 bits per heavy atom. The summed E-state index contributed by atoms with van der Waals surface area (Å²) in [6.45, 7) is 4.98. The third-order valence-electron chi connectivity index (χ3n) is 5.42. The van der Waals surface area contributed by atoms with Crippen LogP contribution in [-0.2, 0) is 4.79 Å². The van der Waals surface area contributed by atoms with Crippen LogP contribution >= 0.6 is 0 Å². The zero-order valence-corrected chi connectivity index (χ0v) is 17.2. The number of benzene rings is 2. The molecule has 2 aliphatic rings. The van der Waals surface area contributed by atoms with E-state index in [1.54, 1.807) is 23.1 Å². The topological polar surface area (TPSA) is 77.1 Å². The molecule has 1 saturated heterocycles. The maximum Gasteiger partial charge on any atom is 0.254 e. The minimum atomic E-state index is -0.478. The molecule has 30 heavy (non-hydrogen) atoms. The summed E-state index contributed by atoms with van der Waals surface area (Å²) in [5, 5.41) is 2.94. The van der Waals surface area contributed by atoms with Crippen LogP contribution in [0.4, 0.5) is 0 Å². The lowest BCUT2D eigenvalue weighted by Crippen LogP contribution is -2.47. The van der Waals surface area contributed by atoms with E-state index in [4.69, 9.17) is 14.2 Å². The van der Waals surface area contributed by atoms with Gasteiger partial charge in [0, 0.05) is 12.1 Å². The van der Waals surface area contributed by atoms with Gasteiger partial charge in [0.25, 0.3) is 5.91 Å².